The van der Waals surface area contributed by atoms with E-state index >= 15 is 0 Å². The molecule has 0 fully saturated rings. The van der Waals surface area contributed by atoms with Crippen molar-refractivity contribution in [3.05, 3.63) is 35.9 Å². The second-order valence-corrected chi connectivity index (χ2v) is 4.07. The molecular weight excluding hydrogens is 216 g/mol. The van der Waals surface area contributed by atoms with E-state index in [2.05, 4.69) is 50.0 Å². The fourth-order valence-electron chi connectivity index (χ4n) is 1.22. The Kier molecular flexibility index (Phi) is 4.56. The predicted octanol–water partition coefficient (Wildman–Crippen LogP) is 2.71. The Hall–Kier alpha value is 0.270. The largest absolute Gasteiger partial charge is 0.178 e. The minimum atomic E-state index is 0.0105. The van der Waals surface area contributed by atoms with E-state index in [9.17, 15) is 0 Å². The molecule has 1 aromatic rings. The molecule has 1 aromatic carbocycles. The van der Waals surface area contributed by atoms with Gasteiger partial charge in [0.2, 0.25) is 0 Å². The van der Waals surface area contributed by atoms with Crippen LogP contribution >= 0.6 is 37.9 Å². The topological polar surface area (TPSA) is 0 Å². The van der Waals surface area contributed by atoms with E-state index < -0.39 is 0 Å². The second-order valence-electron chi connectivity index (χ2n) is 3.12. The maximum absolute atomic E-state index is 4.38. The van der Waals surface area contributed by atoms with Gasteiger partial charge < -0.3 is 0 Å². The zero-order valence-electron chi connectivity index (χ0n) is 7.35. The molecule has 0 aliphatic heterocycles. The highest BCUT2D eigenvalue weighted by Gasteiger charge is 2.27. The van der Waals surface area contributed by atoms with Crippen molar-refractivity contribution >= 4 is 37.9 Å². The number of hydrogen-bond donors (Lipinski definition) is 3. The lowest BCUT2D eigenvalue weighted by atomic mass is 9.86. The Balaban J connectivity index is 3.01. The number of hydrogen-bond acceptors (Lipinski definition) is 3. The molecule has 0 unspecified atom stereocenters. The van der Waals surface area contributed by atoms with Crippen molar-refractivity contribution in [3.8, 4) is 0 Å². The van der Waals surface area contributed by atoms with Crippen molar-refractivity contribution < 1.29 is 0 Å². The van der Waals surface area contributed by atoms with E-state index in [0.717, 1.165) is 17.3 Å². The maximum Gasteiger partial charge on any atom is 0.0217 e. The lowest BCUT2D eigenvalue weighted by Gasteiger charge is -2.29. The Morgan fingerprint density at radius 2 is 1.31 bits per heavy atom. The zero-order chi connectivity index (χ0) is 9.73. The highest BCUT2D eigenvalue weighted by Crippen LogP contribution is 2.28. The molecule has 0 amide bonds. The van der Waals surface area contributed by atoms with Gasteiger partial charge in [0.15, 0.2) is 0 Å². The summed E-state index contributed by atoms with van der Waals surface area (Å²) in [6, 6.07) is 10.3. The van der Waals surface area contributed by atoms with Crippen molar-refractivity contribution in [3.63, 3.8) is 0 Å². The van der Waals surface area contributed by atoms with Gasteiger partial charge in [0.05, 0.1) is 0 Å². The Bertz CT molecular complexity index is 233. The summed E-state index contributed by atoms with van der Waals surface area (Å²) in [5.41, 5.74) is 1.28. The van der Waals surface area contributed by atoms with Gasteiger partial charge in [-0.15, -0.1) is 0 Å². The normalized spacial score (nSPS) is 11.6. The molecule has 72 valence electrons. The van der Waals surface area contributed by atoms with Crippen LogP contribution in [0.3, 0.4) is 0 Å². The average Bonchev–Trinajstić information content (AvgIpc) is 2.23. The van der Waals surface area contributed by atoms with Crippen molar-refractivity contribution in [2.45, 2.75) is 5.41 Å². The van der Waals surface area contributed by atoms with Gasteiger partial charge in [0.1, 0.15) is 0 Å². The molecular formula is C10H14S3. The quantitative estimate of drug-likeness (QED) is 0.651. The maximum atomic E-state index is 4.38. The first-order valence-corrected chi connectivity index (χ1v) is 6.07. The molecule has 1 rings (SSSR count). The summed E-state index contributed by atoms with van der Waals surface area (Å²) in [5, 5.41) is 0. The molecule has 3 heteroatoms. The van der Waals surface area contributed by atoms with E-state index in [-0.39, 0.29) is 5.41 Å². The molecule has 0 heterocycles. The first-order valence-electron chi connectivity index (χ1n) is 4.17. The SMILES string of the molecule is SCC(CS)(CS)c1ccccc1. The van der Waals surface area contributed by atoms with Crippen LogP contribution in [0.25, 0.3) is 0 Å². The molecule has 0 nitrogen and oxygen atoms in total. The molecule has 0 saturated heterocycles. The van der Waals surface area contributed by atoms with Crippen LogP contribution in [0.5, 0.6) is 0 Å². The molecule has 0 radical (unpaired) electrons. The summed E-state index contributed by atoms with van der Waals surface area (Å²) in [5.74, 6) is 2.35. The lowest BCUT2D eigenvalue weighted by molar-refractivity contribution is 0.632. The summed E-state index contributed by atoms with van der Waals surface area (Å²) in [6.07, 6.45) is 0. The van der Waals surface area contributed by atoms with Gasteiger partial charge in [0.25, 0.3) is 0 Å². The molecule has 0 aliphatic rings. The summed E-state index contributed by atoms with van der Waals surface area (Å²) < 4.78 is 0. The van der Waals surface area contributed by atoms with E-state index in [1.807, 2.05) is 18.2 Å². The summed E-state index contributed by atoms with van der Waals surface area (Å²) in [7, 11) is 0. The first kappa shape index (κ1) is 11.3. The van der Waals surface area contributed by atoms with E-state index in [0.29, 0.717) is 0 Å². The van der Waals surface area contributed by atoms with Crippen molar-refractivity contribution in [2.75, 3.05) is 17.3 Å². The van der Waals surface area contributed by atoms with Crippen LogP contribution in [0.2, 0.25) is 0 Å². The third kappa shape index (κ3) is 2.39. The van der Waals surface area contributed by atoms with Gasteiger partial charge in [0, 0.05) is 22.7 Å². The van der Waals surface area contributed by atoms with Gasteiger partial charge in [-0.3, -0.25) is 0 Å². The Morgan fingerprint density at radius 1 is 0.846 bits per heavy atom. The summed E-state index contributed by atoms with van der Waals surface area (Å²) in [6.45, 7) is 0. The van der Waals surface area contributed by atoms with Gasteiger partial charge in [-0.25, -0.2) is 0 Å². The second kappa shape index (κ2) is 5.23. The van der Waals surface area contributed by atoms with Crippen LogP contribution < -0.4 is 0 Å². The van der Waals surface area contributed by atoms with Gasteiger partial charge in [-0.1, -0.05) is 30.3 Å². The van der Waals surface area contributed by atoms with Crippen molar-refractivity contribution in [2.24, 2.45) is 0 Å². The smallest absolute Gasteiger partial charge is 0.0217 e. The highest BCUT2D eigenvalue weighted by atomic mass is 32.1. The van der Waals surface area contributed by atoms with Crippen LogP contribution in [-0.4, -0.2) is 17.3 Å². The highest BCUT2D eigenvalue weighted by molar-refractivity contribution is 7.82. The van der Waals surface area contributed by atoms with Crippen LogP contribution in [0.15, 0.2) is 30.3 Å². The third-order valence-electron chi connectivity index (χ3n) is 2.29. The van der Waals surface area contributed by atoms with Gasteiger partial charge in [-0.2, -0.15) is 37.9 Å². The lowest BCUT2D eigenvalue weighted by Crippen LogP contribution is -2.32. The standard InChI is InChI=1S/C10H14S3/c11-6-10(7-12,8-13)9-4-2-1-3-5-9/h1-5,11-13H,6-8H2. The van der Waals surface area contributed by atoms with Gasteiger partial charge >= 0.3 is 0 Å². The monoisotopic (exact) mass is 230 g/mol. The van der Waals surface area contributed by atoms with Crippen LogP contribution in [-0.2, 0) is 5.41 Å². The average molecular weight is 230 g/mol. The molecule has 0 spiro atoms. The zero-order valence-corrected chi connectivity index (χ0v) is 10.0. The minimum absolute atomic E-state index is 0.0105. The first-order chi connectivity index (χ1) is 6.29. The molecule has 0 N–H and O–H groups in total. The number of rotatable bonds is 4. The van der Waals surface area contributed by atoms with Crippen LogP contribution in [0.4, 0.5) is 0 Å². The Morgan fingerprint density at radius 3 is 1.69 bits per heavy atom. The summed E-state index contributed by atoms with van der Waals surface area (Å²) >= 11 is 13.1. The van der Waals surface area contributed by atoms with Gasteiger partial charge in [-0.05, 0) is 5.56 Å². The number of benzene rings is 1. The molecule has 13 heavy (non-hydrogen) atoms. The van der Waals surface area contributed by atoms with Crippen LogP contribution in [0.1, 0.15) is 5.56 Å². The van der Waals surface area contributed by atoms with Crippen LogP contribution in [0, 0.1) is 0 Å². The molecule has 0 aromatic heterocycles. The fraction of sp³-hybridized carbons (Fsp3) is 0.400. The predicted molar refractivity (Wildman–Crippen MR) is 69.7 cm³/mol. The molecule has 0 aliphatic carbocycles. The minimum Gasteiger partial charge on any atom is -0.178 e. The van der Waals surface area contributed by atoms with Crippen molar-refractivity contribution in [1.82, 2.24) is 0 Å². The number of thiol groups is 3. The third-order valence-corrected chi connectivity index (χ3v) is 4.11. The molecule has 0 atom stereocenters. The Labute approximate surface area is 96.4 Å². The van der Waals surface area contributed by atoms with Crippen molar-refractivity contribution in [1.29, 1.82) is 0 Å². The van der Waals surface area contributed by atoms with E-state index in [1.54, 1.807) is 0 Å². The van der Waals surface area contributed by atoms with E-state index in [1.165, 1.54) is 5.56 Å². The molecule has 0 saturated carbocycles. The van der Waals surface area contributed by atoms with E-state index in [4.69, 9.17) is 0 Å². The fourth-order valence-corrected chi connectivity index (χ4v) is 2.96. The summed E-state index contributed by atoms with van der Waals surface area (Å²) in [4.78, 5) is 0. The molecule has 0 bridgehead atoms.